The summed E-state index contributed by atoms with van der Waals surface area (Å²) in [4.78, 5) is 0.665. The minimum atomic E-state index is -0.192. The molecule has 0 aliphatic heterocycles. The number of halogens is 1. The molecule has 2 aromatic rings. The molecule has 0 radical (unpaired) electrons. The normalized spacial score (nSPS) is 12.2. The highest BCUT2D eigenvalue weighted by Gasteiger charge is 1.97. The van der Waals surface area contributed by atoms with Crippen LogP contribution in [0.4, 0.5) is 4.39 Å². The fraction of sp³-hybridized carbons (Fsp3) is 0. The molecule has 80 valence electrons. The second kappa shape index (κ2) is 5.42. The third-order valence-electron chi connectivity index (χ3n) is 2.09. The SMILES string of the molecule is F/C(=C\C=C\c1ccccc1)c1cccs1. The predicted octanol–water partition coefficient (Wildman–Crippen LogP) is 4.77. The topological polar surface area (TPSA) is 0 Å². The average molecular weight is 230 g/mol. The summed E-state index contributed by atoms with van der Waals surface area (Å²) in [5.41, 5.74) is 1.07. The molecule has 0 N–H and O–H groups in total. The maximum absolute atomic E-state index is 13.5. The Labute approximate surface area is 98.4 Å². The summed E-state index contributed by atoms with van der Waals surface area (Å²) in [6.45, 7) is 0. The molecule has 0 atom stereocenters. The molecule has 0 aliphatic carbocycles. The molecule has 1 aromatic heterocycles. The van der Waals surface area contributed by atoms with E-state index in [4.69, 9.17) is 0 Å². The lowest BCUT2D eigenvalue weighted by Gasteiger charge is -1.90. The lowest BCUT2D eigenvalue weighted by atomic mass is 10.2. The van der Waals surface area contributed by atoms with Gasteiger partial charge in [0, 0.05) is 0 Å². The van der Waals surface area contributed by atoms with Gasteiger partial charge in [-0.1, -0.05) is 48.6 Å². The van der Waals surface area contributed by atoms with Crippen LogP contribution < -0.4 is 0 Å². The van der Waals surface area contributed by atoms with Gasteiger partial charge in [-0.25, -0.2) is 4.39 Å². The Morgan fingerprint density at radius 3 is 2.56 bits per heavy atom. The van der Waals surface area contributed by atoms with Crippen LogP contribution in [-0.4, -0.2) is 0 Å². The van der Waals surface area contributed by atoms with E-state index >= 15 is 0 Å². The second-order valence-electron chi connectivity index (χ2n) is 3.26. The molecule has 0 nitrogen and oxygen atoms in total. The van der Waals surface area contributed by atoms with Crippen LogP contribution in [0.15, 0.2) is 60.0 Å². The minimum Gasteiger partial charge on any atom is -0.205 e. The summed E-state index contributed by atoms with van der Waals surface area (Å²) in [6.07, 6.45) is 5.09. The van der Waals surface area contributed by atoms with Crippen LogP contribution in [0.3, 0.4) is 0 Å². The quantitative estimate of drug-likeness (QED) is 0.666. The molecule has 0 unspecified atom stereocenters. The first kappa shape index (κ1) is 10.8. The molecule has 2 heteroatoms. The maximum Gasteiger partial charge on any atom is 0.140 e. The van der Waals surface area contributed by atoms with Gasteiger partial charge >= 0.3 is 0 Å². The largest absolute Gasteiger partial charge is 0.205 e. The summed E-state index contributed by atoms with van der Waals surface area (Å²) < 4.78 is 13.5. The molecule has 2 rings (SSSR count). The Morgan fingerprint density at radius 1 is 1.06 bits per heavy atom. The van der Waals surface area contributed by atoms with Crippen LogP contribution in [0.2, 0.25) is 0 Å². The third kappa shape index (κ3) is 2.91. The van der Waals surface area contributed by atoms with E-state index in [0.29, 0.717) is 4.88 Å². The fourth-order valence-electron chi connectivity index (χ4n) is 1.30. The van der Waals surface area contributed by atoms with Crippen molar-refractivity contribution in [1.29, 1.82) is 0 Å². The van der Waals surface area contributed by atoms with Gasteiger partial charge in [-0.05, 0) is 23.1 Å². The van der Waals surface area contributed by atoms with Crippen molar-refractivity contribution in [3.05, 3.63) is 70.4 Å². The molecular weight excluding hydrogens is 219 g/mol. The number of benzene rings is 1. The number of hydrogen-bond acceptors (Lipinski definition) is 1. The van der Waals surface area contributed by atoms with Crippen LogP contribution in [0, 0.1) is 0 Å². The van der Waals surface area contributed by atoms with Gasteiger partial charge in [-0.3, -0.25) is 0 Å². The molecule has 1 heterocycles. The minimum absolute atomic E-state index is 0.192. The molecule has 0 bridgehead atoms. The van der Waals surface area contributed by atoms with Crippen LogP contribution >= 0.6 is 11.3 Å². The van der Waals surface area contributed by atoms with Crippen molar-refractivity contribution < 1.29 is 4.39 Å². The van der Waals surface area contributed by atoms with Gasteiger partial charge < -0.3 is 0 Å². The Morgan fingerprint density at radius 2 is 1.88 bits per heavy atom. The van der Waals surface area contributed by atoms with Gasteiger partial charge in [-0.2, -0.15) is 0 Å². The Hall–Kier alpha value is -1.67. The number of hydrogen-bond donors (Lipinski definition) is 0. The van der Waals surface area contributed by atoms with Gasteiger partial charge in [0.05, 0.1) is 4.88 Å². The van der Waals surface area contributed by atoms with E-state index < -0.39 is 0 Å². The first-order valence-corrected chi connectivity index (χ1v) is 5.87. The van der Waals surface area contributed by atoms with E-state index in [0.717, 1.165) is 5.56 Å². The molecule has 1 aromatic carbocycles. The zero-order valence-corrected chi connectivity index (χ0v) is 9.45. The van der Waals surface area contributed by atoms with Gasteiger partial charge in [-0.15, -0.1) is 11.3 Å². The van der Waals surface area contributed by atoms with E-state index in [1.165, 1.54) is 17.4 Å². The first-order chi connectivity index (χ1) is 7.86. The first-order valence-electron chi connectivity index (χ1n) is 4.99. The zero-order chi connectivity index (χ0) is 11.2. The van der Waals surface area contributed by atoms with E-state index in [1.54, 1.807) is 12.1 Å². The summed E-state index contributed by atoms with van der Waals surface area (Å²) in [5, 5.41) is 1.86. The molecule has 0 aliphatic rings. The molecule has 0 saturated carbocycles. The summed E-state index contributed by atoms with van der Waals surface area (Å²) in [5.74, 6) is -0.192. The average Bonchev–Trinajstić information content (AvgIpc) is 2.84. The maximum atomic E-state index is 13.5. The summed E-state index contributed by atoms with van der Waals surface area (Å²) in [6, 6.07) is 13.4. The van der Waals surface area contributed by atoms with Crippen LogP contribution in [-0.2, 0) is 0 Å². The molecule has 0 spiro atoms. The smallest absolute Gasteiger partial charge is 0.140 e. The Kier molecular flexibility index (Phi) is 3.67. The Bertz CT molecular complexity index is 481. The van der Waals surface area contributed by atoms with Crippen LogP contribution in [0.5, 0.6) is 0 Å². The second-order valence-corrected chi connectivity index (χ2v) is 4.21. The van der Waals surface area contributed by atoms with Gasteiger partial charge in [0.25, 0.3) is 0 Å². The van der Waals surface area contributed by atoms with E-state index in [-0.39, 0.29) is 5.83 Å². The molecule has 16 heavy (non-hydrogen) atoms. The monoisotopic (exact) mass is 230 g/mol. The van der Waals surface area contributed by atoms with Crippen molar-refractivity contribution in [1.82, 2.24) is 0 Å². The van der Waals surface area contributed by atoms with Crippen molar-refractivity contribution in [3.8, 4) is 0 Å². The van der Waals surface area contributed by atoms with Gasteiger partial charge in [0.15, 0.2) is 0 Å². The lowest BCUT2D eigenvalue weighted by Crippen LogP contribution is -1.69. The van der Waals surface area contributed by atoms with Crippen molar-refractivity contribution in [3.63, 3.8) is 0 Å². The highest BCUT2D eigenvalue weighted by molar-refractivity contribution is 7.11. The number of allylic oxidation sites excluding steroid dienone is 2. The van der Waals surface area contributed by atoms with E-state index in [9.17, 15) is 4.39 Å². The molecular formula is C14H11FS. The molecule has 0 amide bonds. The Balaban J connectivity index is 2.07. The third-order valence-corrected chi connectivity index (χ3v) is 2.97. The zero-order valence-electron chi connectivity index (χ0n) is 8.64. The summed E-state index contributed by atoms with van der Waals surface area (Å²) >= 11 is 1.40. The molecule has 0 saturated heterocycles. The van der Waals surface area contributed by atoms with Gasteiger partial charge in [0.2, 0.25) is 0 Å². The van der Waals surface area contributed by atoms with Gasteiger partial charge in [0.1, 0.15) is 5.83 Å². The van der Waals surface area contributed by atoms with Crippen molar-refractivity contribution in [2.45, 2.75) is 0 Å². The lowest BCUT2D eigenvalue weighted by molar-refractivity contribution is 0.764. The predicted molar refractivity (Wildman–Crippen MR) is 68.9 cm³/mol. The van der Waals surface area contributed by atoms with E-state index in [2.05, 4.69) is 0 Å². The van der Waals surface area contributed by atoms with Crippen molar-refractivity contribution in [2.75, 3.05) is 0 Å². The van der Waals surface area contributed by atoms with Crippen LogP contribution in [0.1, 0.15) is 10.4 Å². The summed E-state index contributed by atoms with van der Waals surface area (Å²) in [7, 11) is 0. The number of rotatable bonds is 3. The van der Waals surface area contributed by atoms with E-state index in [1.807, 2.05) is 47.9 Å². The van der Waals surface area contributed by atoms with Crippen molar-refractivity contribution in [2.24, 2.45) is 0 Å². The highest BCUT2D eigenvalue weighted by Crippen LogP contribution is 2.21. The van der Waals surface area contributed by atoms with Crippen LogP contribution in [0.25, 0.3) is 11.9 Å². The molecule has 0 fully saturated rings. The fourth-order valence-corrected chi connectivity index (χ4v) is 1.95. The number of thiophene rings is 1. The highest BCUT2D eigenvalue weighted by atomic mass is 32.1. The van der Waals surface area contributed by atoms with Crippen molar-refractivity contribution >= 4 is 23.2 Å². The standard InChI is InChI=1S/C14H11FS/c15-13(14-10-5-11-16-14)9-4-8-12-6-2-1-3-7-12/h1-11H/b8-4+,13-9-.